The first-order chi connectivity index (χ1) is 16.8. The third kappa shape index (κ3) is 4.98. The Morgan fingerprint density at radius 2 is 1.94 bits per heavy atom. The highest BCUT2D eigenvalue weighted by atomic mass is 19.1. The average molecular weight is 478 g/mol. The maximum absolute atomic E-state index is 14.1. The Bertz CT molecular complexity index is 1290. The molecule has 0 atom stereocenters. The number of halogens is 1. The Balaban J connectivity index is 1.72. The molecule has 2 aromatic heterocycles. The second-order valence-corrected chi connectivity index (χ2v) is 7.96. The van der Waals surface area contributed by atoms with Gasteiger partial charge in [-0.05, 0) is 60.0 Å². The zero-order valence-electron chi connectivity index (χ0n) is 19.5. The van der Waals surface area contributed by atoms with Gasteiger partial charge in [0.15, 0.2) is 0 Å². The summed E-state index contributed by atoms with van der Waals surface area (Å²) in [4.78, 5) is 17.0. The summed E-state index contributed by atoms with van der Waals surface area (Å²) < 4.78 is 30.0. The SMILES string of the molecule is COc1cc(C=C2C(C)=C(CC(=O)NCc3ccco3)c3cc(F)cnc32)cc(OC)c1B(O)O. The predicted molar refractivity (Wildman–Crippen MR) is 129 cm³/mol. The highest BCUT2D eigenvalue weighted by Crippen LogP contribution is 2.43. The molecule has 0 saturated carbocycles. The third-order valence-corrected chi connectivity index (χ3v) is 5.80. The van der Waals surface area contributed by atoms with Crippen molar-refractivity contribution in [2.24, 2.45) is 0 Å². The quantitative estimate of drug-likeness (QED) is 0.427. The van der Waals surface area contributed by atoms with Crippen molar-refractivity contribution < 1.29 is 33.1 Å². The minimum absolute atomic E-state index is 0.0320. The van der Waals surface area contributed by atoms with Crippen LogP contribution in [0, 0.1) is 5.82 Å². The van der Waals surface area contributed by atoms with Crippen molar-refractivity contribution in [3.63, 3.8) is 0 Å². The van der Waals surface area contributed by atoms with Crippen LogP contribution in [0.3, 0.4) is 0 Å². The smallest absolute Gasteiger partial charge is 0.496 e. The summed E-state index contributed by atoms with van der Waals surface area (Å²) >= 11 is 0. The molecular formula is C25H24BFN2O6. The number of hydrogen-bond acceptors (Lipinski definition) is 7. The van der Waals surface area contributed by atoms with Gasteiger partial charge in [-0.25, -0.2) is 4.39 Å². The van der Waals surface area contributed by atoms with Crippen molar-refractivity contribution in [1.82, 2.24) is 10.3 Å². The van der Waals surface area contributed by atoms with Crippen molar-refractivity contribution in [1.29, 1.82) is 0 Å². The van der Waals surface area contributed by atoms with Gasteiger partial charge in [0.25, 0.3) is 0 Å². The van der Waals surface area contributed by atoms with Gasteiger partial charge in [0.1, 0.15) is 23.1 Å². The van der Waals surface area contributed by atoms with Gasteiger partial charge in [0, 0.05) is 11.1 Å². The molecule has 2 heterocycles. The molecule has 8 nitrogen and oxygen atoms in total. The van der Waals surface area contributed by atoms with Gasteiger partial charge in [0.05, 0.1) is 50.8 Å². The summed E-state index contributed by atoms with van der Waals surface area (Å²) in [6.07, 6.45) is 4.51. The van der Waals surface area contributed by atoms with Crippen LogP contribution in [-0.4, -0.2) is 42.3 Å². The summed E-state index contributed by atoms with van der Waals surface area (Å²) in [6, 6.07) is 8.14. The first-order valence-electron chi connectivity index (χ1n) is 10.8. The molecule has 3 aromatic rings. The van der Waals surface area contributed by atoms with E-state index in [0.29, 0.717) is 33.7 Å². The van der Waals surface area contributed by atoms with Gasteiger partial charge in [0.2, 0.25) is 5.91 Å². The molecule has 35 heavy (non-hydrogen) atoms. The molecule has 0 spiro atoms. The molecule has 3 N–H and O–H groups in total. The van der Waals surface area contributed by atoms with Crippen LogP contribution in [-0.2, 0) is 11.3 Å². The average Bonchev–Trinajstić information content (AvgIpc) is 3.44. The van der Waals surface area contributed by atoms with Crippen LogP contribution in [0.4, 0.5) is 4.39 Å². The molecule has 0 radical (unpaired) electrons. The molecule has 0 unspecified atom stereocenters. The van der Waals surface area contributed by atoms with Gasteiger partial charge in [-0.3, -0.25) is 9.78 Å². The number of fused-ring (bicyclic) bond motifs is 1. The second-order valence-electron chi connectivity index (χ2n) is 7.96. The van der Waals surface area contributed by atoms with Crippen LogP contribution in [0.25, 0.3) is 17.2 Å². The van der Waals surface area contributed by atoms with E-state index in [-0.39, 0.29) is 35.8 Å². The number of methoxy groups -OCH3 is 2. The molecule has 1 amide bonds. The molecular weight excluding hydrogens is 454 g/mol. The first-order valence-corrected chi connectivity index (χ1v) is 10.8. The number of hydrogen-bond donors (Lipinski definition) is 3. The van der Waals surface area contributed by atoms with Crippen LogP contribution in [0.2, 0.25) is 0 Å². The van der Waals surface area contributed by atoms with Crippen LogP contribution < -0.4 is 20.3 Å². The van der Waals surface area contributed by atoms with Crippen molar-refractivity contribution >= 4 is 35.7 Å². The number of carbonyl (C=O) groups is 1. The second kappa shape index (κ2) is 10.2. The van der Waals surface area contributed by atoms with Crippen molar-refractivity contribution in [2.45, 2.75) is 19.9 Å². The topological polar surface area (TPSA) is 114 Å². The van der Waals surface area contributed by atoms with Gasteiger partial charge in [-0.2, -0.15) is 0 Å². The standard InChI is InChI=1S/C25H24BFN2O6/c1-14-18(11-23(30)28-13-17-5-4-6-35-17)20-10-16(27)12-29-25(20)19(14)7-15-8-21(33-2)24(26(31)32)22(9-15)34-3/h4-10,12,31-32H,11,13H2,1-3H3,(H,28,30). The number of amides is 1. The van der Waals surface area contributed by atoms with E-state index in [1.807, 2.05) is 13.0 Å². The number of furan rings is 1. The van der Waals surface area contributed by atoms with Crippen molar-refractivity contribution in [3.05, 3.63) is 76.8 Å². The van der Waals surface area contributed by atoms with E-state index < -0.39 is 12.9 Å². The molecule has 0 aliphatic heterocycles. The van der Waals surface area contributed by atoms with Crippen molar-refractivity contribution in [2.75, 3.05) is 14.2 Å². The number of allylic oxidation sites excluding steroid dienone is 2. The van der Waals surface area contributed by atoms with Crippen molar-refractivity contribution in [3.8, 4) is 11.5 Å². The highest BCUT2D eigenvalue weighted by molar-refractivity contribution is 6.61. The summed E-state index contributed by atoms with van der Waals surface area (Å²) in [7, 11) is 1.04. The lowest BCUT2D eigenvalue weighted by Crippen LogP contribution is -2.32. The molecule has 180 valence electrons. The zero-order chi connectivity index (χ0) is 25.1. The largest absolute Gasteiger partial charge is 0.497 e. The maximum Gasteiger partial charge on any atom is 0.496 e. The molecule has 0 fully saturated rings. The minimum atomic E-state index is -1.79. The Labute approximate surface area is 201 Å². The fraction of sp³-hybridized carbons (Fsp3) is 0.200. The zero-order valence-corrected chi connectivity index (χ0v) is 19.5. The van der Waals surface area contributed by atoms with E-state index >= 15 is 0 Å². The summed E-state index contributed by atoms with van der Waals surface area (Å²) in [5, 5.41) is 22.3. The Hall–Kier alpha value is -3.89. The number of nitrogens with zero attached hydrogens (tertiary/aromatic N) is 1. The van der Waals surface area contributed by atoms with Gasteiger partial charge in [-0.1, -0.05) is 0 Å². The number of rotatable bonds is 8. The Kier molecular flexibility index (Phi) is 7.04. The van der Waals surface area contributed by atoms with E-state index in [2.05, 4.69) is 10.3 Å². The van der Waals surface area contributed by atoms with Gasteiger partial charge >= 0.3 is 7.12 Å². The lowest BCUT2D eigenvalue weighted by molar-refractivity contribution is -0.120. The molecule has 1 aliphatic rings. The Morgan fingerprint density at radius 1 is 1.23 bits per heavy atom. The number of pyridine rings is 1. The van der Waals surface area contributed by atoms with E-state index in [1.165, 1.54) is 26.5 Å². The fourth-order valence-electron chi connectivity index (χ4n) is 4.12. The number of aromatic nitrogens is 1. The predicted octanol–water partition coefficient (Wildman–Crippen LogP) is 2.54. The molecule has 1 aromatic carbocycles. The first kappa shape index (κ1) is 24.2. The van der Waals surface area contributed by atoms with E-state index in [4.69, 9.17) is 13.9 Å². The monoisotopic (exact) mass is 478 g/mol. The molecule has 10 heteroatoms. The summed E-state index contributed by atoms with van der Waals surface area (Å²) in [5.41, 5.74) is 3.97. The number of nitrogens with one attached hydrogen (secondary N) is 1. The van der Waals surface area contributed by atoms with E-state index in [0.717, 1.165) is 11.8 Å². The van der Waals surface area contributed by atoms with E-state index in [1.54, 1.807) is 24.3 Å². The third-order valence-electron chi connectivity index (χ3n) is 5.80. The van der Waals surface area contributed by atoms with Crippen LogP contribution >= 0.6 is 0 Å². The number of carbonyl (C=O) groups excluding carboxylic acids is 1. The maximum atomic E-state index is 14.1. The number of benzene rings is 1. The normalized spacial score (nSPS) is 13.7. The van der Waals surface area contributed by atoms with E-state index in [9.17, 15) is 19.2 Å². The van der Waals surface area contributed by atoms with Gasteiger partial charge < -0.3 is 29.3 Å². The highest BCUT2D eigenvalue weighted by Gasteiger charge is 2.28. The lowest BCUT2D eigenvalue weighted by Gasteiger charge is -2.14. The van der Waals surface area contributed by atoms with Crippen LogP contribution in [0.15, 0.2) is 52.8 Å². The number of ether oxygens (including phenoxy) is 2. The minimum Gasteiger partial charge on any atom is -0.497 e. The fourth-order valence-corrected chi connectivity index (χ4v) is 4.12. The molecule has 1 aliphatic carbocycles. The Morgan fingerprint density at radius 3 is 2.54 bits per heavy atom. The molecule has 4 rings (SSSR count). The molecule has 0 bridgehead atoms. The molecule has 0 saturated heterocycles. The summed E-state index contributed by atoms with van der Waals surface area (Å²) in [6.45, 7) is 2.10. The van der Waals surface area contributed by atoms with Crippen LogP contribution in [0.1, 0.15) is 35.9 Å². The summed E-state index contributed by atoms with van der Waals surface area (Å²) in [5.74, 6) is 0.350. The van der Waals surface area contributed by atoms with Crippen LogP contribution in [0.5, 0.6) is 11.5 Å². The lowest BCUT2D eigenvalue weighted by atomic mass is 9.78. The van der Waals surface area contributed by atoms with Gasteiger partial charge in [-0.15, -0.1) is 0 Å².